The summed E-state index contributed by atoms with van der Waals surface area (Å²) in [5.41, 5.74) is 1.43. The maximum atomic E-state index is 12.5. The van der Waals surface area contributed by atoms with E-state index in [4.69, 9.17) is 4.74 Å². The van der Waals surface area contributed by atoms with Gasteiger partial charge in [0.05, 0.1) is 17.7 Å². The molecule has 2 aromatic carbocycles. The van der Waals surface area contributed by atoms with Crippen molar-refractivity contribution in [1.82, 2.24) is 10.3 Å². The molecule has 0 spiro atoms. The molecule has 0 radical (unpaired) electrons. The van der Waals surface area contributed by atoms with Crippen LogP contribution in [0.2, 0.25) is 0 Å². The van der Waals surface area contributed by atoms with Crippen LogP contribution >= 0.6 is 11.3 Å². The van der Waals surface area contributed by atoms with E-state index in [1.54, 1.807) is 19.1 Å². The highest BCUT2D eigenvalue weighted by Crippen LogP contribution is 2.25. The summed E-state index contributed by atoms with van der Waals surface area (Å²) in [7, 11) is -2.31. The fourth-order valence-electron chi connectivity index (χ4n) is 2.44. The Morgan fingerprint density at radius 3 is 2.43 bits per heavy atom. The minimum atomic E-state index is -3.81. The third-order valence-corrected chi connectivity index (χ3v) is 6.45. The standard InChI is InChI=1S/C19H19N3O4S2/c1-13-17(18(23)20-12-14-6-4-3-5-7-14)27-19(21-13)22-28(24,25)16-10-8-15(26-2)9-11-16/h3-11H,12H2,1-2H3,(H,20,23)(H,21,22). The van der Waals surface area contributed by atoms with E-state index in [-0.39, 0.29) is 15.9 Å². The molecular weight excluding hydrogens is 398 g/mol. The third-order valence-electron chi connectivity index (χ3n) is 3.89. The molecule has 9 heteroatoms. The Bertz CT molecular complexity index is 1060. The molecule has 0 unspecified atom stereocenters. The lowest BCUT2D eigenvalue weighted by Crippen LogP contribution is -2.22. The second kappa shape index (κ2) is 8.41. The number of nitrogens with one attached hydrogen (secondary N) is 2. The molecule has 28 heavy (non-hydrogen) atoms. The van der Waals surface area contributed by atoms with Crippen molar-refractivity contribution in [3.05, 3.63) is 70.7 Å². The molecule has 146 valence electrons. The first-order chi connectivity index (χ1) is 13.4. The maximum Gasteiger partial charge on any atom is 0.263 e. The van der Waals surface area contributed by atoms with E-state index in [0.29, 0.717) is 22.9 Å². The zero-order valence-corrected chi connectivity index (χ0v) is 16.9. The number of carbonyl (C=O) groups is 1. The number of benzene rings is 2. The van der Waals surface area contributed by atoms with E-state index >= 15 is 0 Å². The molecule has 0 atom stereocenters. The first kappa shape index (κ1) is 19.8. The van der Waals surface area contributed by atoms with Gasteiger partial charge in [-0.15, -0.1) is 0 Å². The van der Waals surface area contributed by atoms with E-state index in [2.05, 4.69) is 15.0 Å². The molecule has 7 nitrogen and oxygen atoms in total. The summed E-state index contributed by atoms with van der Waals surface area (Å²) in [5, 5.41) is 2.95. The Hall–Kier alpha value is -2.91. The van der Waals surface area contributed by atoms with Crippen LogP contribution in [0.15, 0.2) is 59.5 Å². The topological polar surface area (TPSA) is 97.4 Å². The van der Waals surface area contributed by atoms with E-state index in [1.807, 2.05) is 30.3 Å². The lowest BCUT2D eigenvalue weighted by Gasteiger charge is -2.06. The summed E-state index contributed by atoms with van der Waals surface area (Å²) in [5.74, 6) is 0.259. The van der Waals surface area contributed by atoms with Gasteiger partial charge in [0.25, 0.3) is 15.9 Å². The Morgan fingerprint density at radius 2 is 1.79 bits per heavy atom. The first-order valence-corrected chi connectivity index (χ1v) is 10.7. The highest BCUT2D eigenvalue weighted by molar-refractivity contribution is 7.93. The van der Waals surface area contributed by atoms with Crippen molar-refractivity contribution >= 4 is 32.4 Å². The van der Waals surface area contributed by atoms with Gasteiger partial charge < -0.3 is 10.1 Å². The van der Waals surface area contributed by atoms with Gasteiger partial charge in [-0.3, -0.25) is 9.52 Å². The fraction of sp³-hybridized carbons (Fsp3) is 0.158. The maximum absolute atomic E-state index is 12.5. The number of aryl methyl sites for hydroxylation is 1. The molecular formula is C19H19N3O4S2. The Balaban J connectivity index is 1.71. The number of methoxy groups -OCH3 is 1. The lowest BCUT2D eigenvalue weighted by molar-refractivity contribution is 0.0954. The summed E-state index contributed by atoms with van der Waals surface area (Å²) < 4.78 is 32.5. The Labute approximate surface area is 167 Å². The highest BCUT2D eigenvalue weighted by Gasteiger charge is 2.20. The van der Waals surface area contributed by atoms with Crippen LogP contribution < -0.4 is 14.8 Å². The van der Waals surface area contributed by atoms with Crippen LogP contribution in [0, 0.1) is 6.92 Å². The van der Waals surface area contributed by atoms with Crippen molar-refractivity contribution in [2.45, 2.75) is 18.4 Å². The van der Waals surface area contributed by atoms with Crippen LogP contribution in [0.3, 0.4) is 0 Å². The Morgan fingerprint density at radius 1 is 1.11 bits per heavy atom. The largest absolute Gasteiger partial charge is 0.497 e. The predicted molar refractivity (Wildman–Crippen MR) is 108 cm³/mol. The van der Waals surface area contributed by atoms with Gasteiger partial charge in [0.1, 0.15) is 10.6 Å². The van der Waals surface area contributed by atoms with Crippen molar-refractivity contribution in [2.24, 2.45) is 0 Å². The molecule has 0 saturated carbocycles. The number of aromatic nitrogens is 1. The van der Waals surface area contributed by atoms with Gasteiger partial charge in [0.15, 0.2) is 5.13 Å². The summed E-state index contributed by atoms with van der Waals surface area (Å²) in [6.45, 7) is 2.04. The zero-order chi connectivity index (χ0) is 20.1. The zero-order valence-electron chi connectivity index (χ0n) is 15.3. The van der Waals surface area contributed by atoms with Gasteiger partial charge in [0, 0.05) is 6.54 Å². The van der Waals surface area contributed by atoms with Crippen LogP contribution in [-0.2, 0) is 16.6 Å². The molecule has 0 aliphatic heterocycles. The van der Waals surface area contributed by atoms with E-state index in [1.165, 1.54) is 19.2 Å². The molecule has 3 aromatic rings. The predicted octanol–water partition coefficient (Wildman–Crippen LogP) is 3.19. The molecule has 3 rings (SSSR count). The summed E-state index contributed by atoms with van der Waals surface area (Å²) in [4.78, 5) is 17.0. The number of rotatable bonds is 7. The average molecular weight is 418 g/mol. The van der Waals surface area contributed by atoms with E-state index in [9.17, 15) is 13.2 Å². The smallest absolute Gasteiger partial charge is 0.263 e. The number of hydrogen-bond acceptors (Lipinski definition) is 6. The van der Waals surface area contributed by atoms with E-state index < -0.39 is 10.0 Å². The number of amides is 1. The van der Waals surface area contributed by atoms with Gasteiger partial charge >= 0.3 is 0 Å². The number of hydrogen-bond donors (Lipinski definition) is 2. The lowest BCUT2D eigenvalue weighted by atomic mass is 10.2. The molecule has 0 fully saturated rings. The average Bonchev–Trinajstić information content (AvgIpc) is 3.06. The van der Waals surface area contributed by atoms with Crippen LogP contribution in [0.25, 0.3) is 0 Å². The summed E-state index contributed by atoms with van der Waals surface area (Å²) in [6, 6.07) is 15.5. The second-order valence-corrected chi connectivity index (χ2v) is 8.56. The molecule has 1 heterocycles. The van der Waals surface area contributed by atoms with Crippen LogP contribution in [0.1, 0.15) is 20.9 Å². The molecule has 0 bridgehead atoms. The second-order valence-electron chi connectivity index (χ2n) is 5.88. The van der Waals surface area contributed by atoms with Crippen molar-refractivity contribution in [3.63, 3.8) is 0 Å². The molecule has 0 aliphatic rings. The number of carbonyl (C=O) groups excluding carboxylic acids is 1. The molecule has 0 saturated heterocycles. The normalized spacial score (nSPS) is 11.1. The van der Waals surface area contributed by atoms with E-state index in [0.717, 1.165) is 16.9 Å². The number of sulfonamides is 1. The highest BCUT2D eigenvalue weighted by atomic mass is 32.2. The summed E-state index contributed by atoms with van der Waals surface area (Å²) in [6.07, 6.45) is 0. The van der Waals surface area contributed by atoms with Crippen molar-refractivity contribution < 1.29 is 17.9 Å². The number of thiazole rings is 1. The van der Waals surface area contributed by atoms with Gasteiger partial charge in [-0.05, 0) is 36.8 Å². The van der Waals surface area contributed by atoms with Crippen molar-refractivity contribution in [2.75, 3.05) is 11.8 Å². The monoisotopic (exact) mass is 417 g/mol. The first-order valence-electron chi connectivity index (χ1n) is 8.35. The number of ether oxygens (including phenoxy) is 1. The van der Waals surface area contributed by atoms with Crippen LogP contribution in [-0.4, -0.2) is 26.4 Å². The minimum absolute atomic E-state index is 0.0798. The molecule has 1 aromatic heterocycles. The van der Waals surface area contributed by atoms with Gasteiger partial charge in [0.2, 0.25) is 0 Å². The third kappa shape index (κ3) is 4.68. The van der Waals surface area contributed by atoms with Gasteiger partial charge in [-0.2, -0.15) is 0 Å². The van der Waals surface area contributed by atoms with Crippen LogP contribution in [0.5, 0.6) is 5.75 Å². The number of anilines is 1. The molecule has 2 N–H and O–H groups in total. The SMILES string of the molecule is COc1ccc(S(=O)(=O)Nc2nc(C)c(C(=O)NCc3ccccc3)s2)cc1. The molecule has 1 amide bonds. The van der Waals surface area contributed by atoms with Crippen molar-refractivity contribution in [1.29, 1.82) is 0 Å². The van der Waals surface area contributed by atoms with Gasteiger partial charge in [-0.25, -0.2) is 13.4 Å². The quantitative estimate of drug-likeness (QED) is 0.615. The Kier molecular flexibility index (Phi) is 5.96. The fourth-order valence-corrected chi connectivity index (χ4v) is 4.56. The summed E-state index contributed by atoms with van der Waals surface area (Å²) >= 11 is 0.994. The van der Waals surface area contributed by atoms with Gasteiger partial charge in [-0.1, -0.05) is 41.7 Å². The molecule has 0 aliphatic carbocycles. The number of nitrogens with zero attached hydrogens (tertiary/aromatic N) is 1. The van der Waals surface area contributed by atoms with Crippen LogP contribution in [0.4, 0.5) is 5.13 Å². The minimum Gasteiger partial charge on any atom is -0.497 e. The van der Waals surface area contributed by atoms with Crippen molar-refractivity contribution in [3.8, 4) is 5.75 Å².